The van der Waals surface area contributed by atoms with Gasteiger partial charge in [-0.1, -0.05) is 18.2 Å². The average molecular weight is 244 g/mol. The van der Waals surface area contributed by atoms with Crippen LogP contribution in [0, 0.1) is 0 Å². The molecule has 6 nitrogen and oxygen atoms in total. The van der Waals surface area contributed by atoms with E-state index >= 15 is 0 Å². The first-order valence-corrected chi connectivity index (χ1v) is 5.39. The van der Waals surface area contributed by atoms with Crippen LogP contribution in [-0.4, -0.2) is 26.7 Å². The first kappa shape index (κ1) is 12.0. The molecule has 0 fully saturated rings. The van der Waals surface area contributed by atoms with Gasteiger partial charge in [0.1, 0.15) is 0 Å². The van der Waals surface area contributed by atoms with Crippen LogP contribution in [-0.2, 0) is 4.79 Å². The first-order valence-electron chi connectivity index (χ1n) is 5.39. The van der Waals surface area contributed by atoms with E-state index in [0.29, 0.717) is 0 Å². The summed E-state index contributed by atoms with van der Waals surface area (Å²) >= 11 is 0. The molecule has 18 heavy (non-hydrogen) atoms. The number of nitrogens with one attached hydrogen (secondary N) is 1. The molecule has 0 aliphatic rings. The molecule has 0 radical (unpaired) electrons. The molecule has 0 unspecified atom stereocenters. The van der Waals surface area contributed by atoms with Crippen molar-refractivity contribution in [3.8, 4) is 5.69 Å². The van der Waals surface area contributed by atoms with Crippen molar-refractivity contribution in [1.29, 1.82) is 0 Å². The number of hydrogen-bond acceptors (Lipinski definition) is 4. The summed E-state index contributed by atoms with van der Waals surface area (Å²) in [5.74, 6) is -0.364. The number of benzene rings is 1. The molecule has 0 aliphatic heterocycles. The lowest BCUT2D eigenvalue weighted by Crippen LogP contribution is -2.09. The van der Waals surface area contributed by atoms with Crippen molar-refractivity contribution in [2.75, 3.05) is 5.32 Å². The Kier molecular flexibility index (Phi) is 3.18. The number of Topliss-reactive ketones (excluding diaryl/α,β-unsaturated/α-hetero) is 1. The number of carbonyl (C=O) groups excluding carboxylic acids is 2. The minimum Gasteiger partial charge on any atom is -0.307 e. The van der Waals surface area contributed by atoms with Crippen molar-refractivity contribution >= 4 is 17.5 Å². The molecule has 2 rings (SSSR count). The molecule has 0 saturated carbocycles. The zero-order valence-corrected chi connectivity index (χ0v) is 10.0. The molecule has 0 atom stereocenters. The Morgan fingerprint density at radius 1 is 1.11 bits per heavy atom. The Labute approximate surface area is 104 Å². The number of amides is 1. The Balaban J connectivity index is 2.45. The van der Waals surface area contributed by atoms with Gasteiger partial charge in [0.15, 0.2) is 17.3 Å². The van der Waals surface area contributed by atoms with Crippen LogP contribution >= 0.6 is 0 Å². The van der Waals surface area contributed by atoms with Crippen molar-refractivity contribution in [3.05, 3.63) is 36.0 Å². The van der Waals surface area contributed by atoms with E-state index in [-0.39, 0.29) is 23.2 Å². The van der Waals surface area contributed by atoms with Crippen LogP contribution in [0.4, 0.5) is 5.82 Å². The van der Waals surface area contributed by atoms with Gasteiger partial charge in [-0.15, -0.1) is 15.0 Å². The third kappa shape index (κ3) is 2.42. The van der Waals surface area contributed by atoms with Crippen molar-refractivity contribution in [2.24, 2.45) is 0 Å². The van der Waals surface area contributed by atoms with Crippen LogP contribution in [0.2, 0.25) is 0 Å². The number of para-hydroxylation sites is 1. The van der Waals surface area contributed by atoms with Crippen LogP contribution in [0.5, 0.6) is 0 Å². The molecule has 1 aromatic heterocycles. The van der Waals surface area contributed by atoms with Crippen molar-refractivity contribution in [1.82, 2.24) is 15.0 Å². The number of aromatic nitrogens is 3. The van der Waals surface area contributed by atoms with Gasteiger partial charge in [-0.3, -0.25) is 9.59 Å². The lowest BCUT2D eigenvalue weighted by molar-refractivity contribution is -0.114. The highest BCUT2D eigenvalue weighted by molar-refractivity contribution is 6.00. The zero-order valence-electron chi connectivity index (χ0n) is 10.0. The Hall–Kier alpha value is -2.50. The minimum absolute atomic E-state index is 0.147. The molecule has 0 aliphatic carbocycles. The second kappa shape index (κ2) is 4.79. The summed E-state index contributed by atoms with van der Waals surface area (Å²) in [5, 5.41) is 10.7. The van der Waals surface area contributed by atoms with Crippen LogP contribution in [0.3, 0.4) is 0 Å². The van der Waals surface area contributed by atoms with E-state index in [1.165, 1.54) is 18.6 Å². The Morgan fingerprint density at radius 2 is 1.78 bits per heavy atom. The highest BCUT2D eigenvalue weighted by Gasteiger charge is 2.16. The minimum atomic E-state index is -0.294. The summed E-state index contributed by atoms with van der Waals surface area (Å²) < 4.78 is 0. The maximum atomic E-state index is 11.4. The molecular weight excluding hydrogens is 232 g/mol. The molecular formula is C12H12N4O2. The number of hydrogen-bond donors (Lipinski definition) is 1. The predicted molar refractivity (Wildman–Crippen MR) is 65.7 cm³/mol. The summed E-state index contributed by atoms with van der Waals surface area (Å²) in [6.07, 6.45) is 0. The third-order valence-corrected chi connectivity index (χ3v) is 2.23. The van der Waals surface area contributed by atoms with Gasteiger partial charge in [-0.25, -0.2) is 0 Å². The summed E-state index contributed by atoms with van der Waals surface area (Å²) in [6, 6.07) is 9.16. The van der Waals surface area contributed by atoms with E-state index in [9.17, 15) is 9.59 Å². The van der Waals surface area contributed by atoms with Gasteiger partial charge in [-0.05, 0) is 12.1 Å². The lowest BCUT2D eigenvalue weighted by atomic mass is 10.3. The molecule has 1 heterocycles. The molecule has 1 N–H and O–H groups in total. The molecule has 0 bridgehead atoms. The maximum Gasteiger partial charge on any atom is 0.222 e. The van der Waals surface area contributed by atoms with Gasteiger partial charge in [0.2, 0.25) is 5.91 Å². The van der Waals surface area contributed by atoms with Gasteiger partial charge in [0, 0.05) is 13.8 Å². The van der Waals surface area contributed by atoms with Crippen molar-refractivity contribution < 1.29 is 9.59 Å². The smallest absolute Gasteiger partial charge is 0.222 e. The predicted octanol–water partition coefficient (Wildman–Crippen LogP) is 1.43. The monoisotopic (exact) mass is 244 g/mol. The maximum absolute atomic E-state index is 11.4. The number of anilines is 1. The summed E-state index contributed by atoms with van der Waals surface area (Å²) in [5.41, 5.74) is 0.866. The van der Waals surface area contributed by atoms with Crippen molar-refractivity contribution in [3.63, 3.8) is 0 Å². The second-order valence-electron chi connectivity index (χ2n) is 3.76. The van der Waals surface area contributed by atoms with E-state index in [4.69, 9.17) is 0 Å². The van der Waals surface area contributed by atoms with Crippen molar-refractivity contribution in [2.45, 2.75) is 13.8 Å². The summed E-state index contributed by atoms with van der Waals surface area (Å²) in [7, 11) is 0. The first-order chi connectivity index (χ1) is 8.58. The molecule has 1 aromatic carbocycles. The van der Waals surface area contributed by atoms with Gasteiger partial charge >= 0.3 is 0 Å². The normalized spacial score (nSPS) is 10.1. The topological polar surface area (TPSA) is 76.9 Å². The largest absolute Gasteiger partial charge is 0.307 e. The molecule has 2 aromatic rings. The fourth-order valence-corrected chi connectivity index (χ4v) is 1.47. The Morgan fingerprint density at radius 3 is 2.33 bits per heavy atom. The number of rotatable bonds is 3. The average Bonchev–Trinajstić information content (AvgIpc) is 2.73. The van der Waals surface area contributed by atoms with Crippen LogP contribution < -0.4 is 5.32 Å². The van der Waals surface area contributed by atoms with E-state index in [2.05, 4.69) is 15.5 Å². The summed E-state index contributed by atoms with van der Waals surface area (Å²) in [4.78, 5) is 23.8. The zero-order chi connectivity index (χ0) is 13.1. The van der Waals surface area contributed by atoms with Gasteiger partial charge in [0.05, 0.1) is 5.69 Å². The number of nitrogens with zero attached hydrogens (tertiary/aromatic N) is 3. The fourth-order valence-electron chi connectivity index (χ4n) is 1.47. The van der Waals surface area contributed by atoms with Crippen LogP contribution in [0.25, 0.3) is 5.69 Å². The highest BCUT2D eigenvalue weighted by atomic mass is 16.1. The summed E-state index contributed by atoms with van der Waals surface area (Å²) in [6.45, 7) is 2.73. The second-order valence-corrected chi connectivity index (χ2v) is 3.76. The highest BCUT2D eigenvalue weighted by Crippen LogP contribution is 2.13. The van der Waals surface area contributed by atoms with E-state index in [0.717, 1.165) is 5.69 Å². The SMILES string of the molecule is CC(=O)Nc1nn(-c2ccccc2)nc1C(C)=O. The number of carbonyl (C=O) groups is 2. The Bertz CT molecular complexity index is 589. The standard InChI is InChI=1S/C12H12N4O2/c1-8(17)11-12(13-9(2)18)15-16(14-11)10-6-4-3-5-7-10/h3-7H,1-2H3,(H,13,15,18). The third-order valence-electron chi connectivity index (χ3n) is 2.23. The fraction of sp³-hybridized carbons (Fsp3) is 0.167. The molecule has 6 heteroatoms. The molecule has 0 spiro atoms. The van der Waals surface area contributed by atoms with Crippen LogP contribution in [0.15, 0.2) is 30.3 Å². The quantitative estimate of drug-likeness (QED) is 0.828. The molecule has 1 amide bonds. The van der Waals surface area contributed by atoms with E-state index in [1.807, 2.05) is 30.3 Å². The number of ketones is 1. The van der Waals surface area contributed by atoms with E-state index < -0.39 is 0 Å². The van der Waals surface area contributed by atoms with E-state index in [1.54, 1.807) is 0 Å². The van der Waals surface area contributed by atoms with Gasteiger partial charge in [-0.2, -0.15) is 0 Å². The molecule has 0 saturated heterocycles. The molecule has 92 valence electrons. The van der Waals surface area contributed by atoms with Gasteiger partial charge in [0.25, 0.3) is 0 Å². The van der Waals surface area contributed by atoms with Gasteiger partial charge < -0.3 is 5.32 Å². The lowest BCUT2D eigenvalue weighted by Gasteiger charge is -1.97. The van der Waals surface area contributed by atoms with Crippen LogP contribution in [0.1, 0.15) is 24.3 Å².